The Kier molecular flexibility index (Phi) is 6.14. The molecule has 1 aliphatic heterocycles. The van der Waals surface area contributed by atoms with E-state index in [9.17, 15) is 4.79 Å². The van der Waals surface area contributed by atoms with Crippen molar-refractivity contribution < 1.29 is 4.79 Å². The van der Waals surface area contributed by atoms with Gasteiger partial charge in [0.05, 0.1) is 5.69 Å². The van der Waals surface area contributed by atoms with Crippen LogP contribution in [0.4, 0.5) is 0 Å². The van der Waals surface area contributed by atoms with Gasteiger partial charge in [-0.05, 0) is 106 Å². The van der Waals surface area contributed by atoms with Gasteiger partial charge in [0.2, 0.25) is 0 Å². The first-order valence-electron chi connectivity index (χ1n) is 13.4. The Morgan fingerprint density at radius 3 is 2.67 bits per heavy atom. The monoisotopic (exact) mass is 449 g/mol. The summed E-state index contributed by atoms with van der Waals surface area (Å²) in [6.07, 6.45) is 13.8. The van der Waals surface area contributed by atoms with E-state index < -0.39 is 0 Å². The van der Waals surface area contributed by atoms with Crippen LogP contribution in [-0.4, -0.2) is 47.5 Å². The summed E-state index contributed by atoms with van der Waals surface area (Å²) in [6, 6.07) is 6.49. The van der Waals surface area contributed by atoms with Gasteiger partial charge in [0, 0.05) is 31.7 Å². The summed E-state index contributed by atoms with van der Waals surface area (Å²) < 4.78 is 1.98. The normalized spacial score (nSPS) is 31.7. The molecule has 2 aromatic heterocycles. The van der Waals surface area contributed by atoms with Crippen LogP contribution >= 0.6 is 0 Å². The number of amides is 1. The van der Waals surface area contributed by atoms with Gasteiger partial charge < -0.3 is 16.0 Å². The molecule has 1 saturated heterocycles. The Morgan fingerprint density at radius 1 is 1.03 bits per heavy atom. The van der Waals surface area contributed by atoms with Crippen molar-refractivity contribution in [3.63, 3.8) is 0 Å². The first-order valence-corrected chi connectivity index (χ1v) is 13.4. The lowest BCUT2D eigenvalue weighted by Gasteiger charge is -2.28. The standard InChI is InChI=1S/C27H39N5O/c33-27(30-16-20-11-18-10-19-13-21(12-18)22(14-19)15-20)25-2-1-3-26-31-24(17-32(25)26)6-9-29-23-4-7-28-8-5-23/h1-3,17-23,28-29H,4-16H2,(H,30,33). The molecule has 2 aromatic rings. The average molecular weight is 450 g/mol. The van der Waals surface area contributed by atoms with E-state index in [1.165, 1.54) is 51.4 Å². The largest absolute Gasteiger partial charge is 0.350 e. The van der Waals surface area contributed by atoms with Crippen molar-refractivity contribution in [3.05, 3.63) is 35.8 Å². The van der Waals surface area contributed by atoms with Crippen LogP contribution in [0.1, 0.15) is 67.5 Å². The van der Waals surface area contributed by atoms with Crippen LogP contribution in [0.3, 0.4) is 0 Å². The average Bonchev–Trinajstić information content (AvgIpc) is 3.33. The van der Waals surface area contributed by atoms with E-state index in [0.29, 0.717) is 17.7 Å². The van der Waals surface area contributed by atoms with Crippen molar-refractivity contribution in [3.8, 4) is 0 Å². The second kappa shape index (κ2) is 9.38. The van der Waals surface area contributed by atoms with Gasteiger partial charge in [0.25, 0.3) is 5.91 Å². The van der Waals surface area contributed by atoms with Crippen molar-refractivity contribution in [2.24, 2.45) is 29.6 Å². The van der Waals surface area contributed by atoms with E-state index in [-0.39, 0.29) is 5.91 Å². The van der Waals surface area contributed by atoms with Crippen LogP contribution in [0.25, 0.3) is 5.65 Å². The molecule has 3 N–H and O–H groups in total. The van der Waals surface area contributed by atoms with Gasteiger partial charge in [0.1, 0.15) is 11.3 Å². The fraction of sp³-hybridized carbons (Fsp3) is 0.704. The van der Waals surface area contributed by atoms with Crippen LogP contribution < -0.4 is 16.0 Å². The first-order chi connectivity index (χ1) is 16.2. The molecule has 178 valence electrons. The highest BCUT2D eigenvalue weighted by molar-refractivity contribution is 5.93. The smallest absolute Gasteiger partial charge is 0.268 e. The van der Waals surface area contributed by atoms with Crippen molar-refractivity contribution in [2.45, 2.75) is 63.8 Å². The SMILES string of the molecule is O=C(NCC1CC2CC3CC(C1)C(C2)C3)c1cccc2nc(CCNC3CCNCC3)cn12. The number of nitrogens with zero attached hydrogens (tertiary/aromatic N) is 2. The van der Waals surface area contributed by atoms with Gasteiger partial charge >= 0.3 is 0 Å². The summed E-state index contributed by atoms with van der Waals surface area (Å²) in [5, 5.41) is 10.4. The summed E-state index contributed by atoms with van der Waals surface area (Å²) >= 11 is 0. The topological polar surface area (TPSA) is 70.5 Å². The summed E-state index contributed by atoms with van der Waals surface area (Å²) in [4.78, 5) is 17.9. The number of carbonyl (C=O) groups is 1. The van der Waals surface area contributed by atoms with Crippen LogP contribution in [0.2, 0.25) is 0 Å². The third-order valence-electron chi connectivity index (χ3n) is 9.02. The fourth-order valence-corrected chi connectivity index (χ4v) is 7.58. The number of rotatable bonds is 7. The molecule has 33 heavy (non-hydrogen) atoms. The molecular weight excluding hydrogens is 410 g/mol. The zero-order valence-corrected chi connectivity index (χ0v) is 19.8. The summed E-state index contributed by atoms with van der Waals surface area (Å²) in [5.74, 6) is 4.50. The van der Waals surface area contributed by atoms with E-state index in [1.807, 2.05) is 22.6 Å². The predicted molar refractivity (Wildman–Crippen MR) is 130 cm³/mol. The minimum atomic E-state index is 0.0380. The minimum absolute atomic E-state index is 0.0380. The Balaban J connectivity index is 1.06. The van der Waals surface area contributed by atoms with E-state index in [4.69, 9.17) is 4.98 Å². The van der Waals surface area contributed by atoms with Gasteiger partial charge in [-0.1, -0.05) is 6.07 Å². The number of hydrogen-bond acceptors (Lipinski definition) is 4. The molecule has 3 bridgehead atoms. The van der Waals surface area contributed by atoms with Gasteiger partial charge in [-0.15, -0.1) is 0 Å². The maximum atomic E-state index is 13.2. The lowest BCUT2D eigenvalue weighted by molar-refractivity contribution is 0.0935. The van der Waals surface area contributed by atoms with Gasteiger partial charge in [0.15, 0.2) is 0 Å². The number of fused-ring (bicyclic) bond motifs is 3. The number of nitrogens with one attached hydrogen (secondary N) is 3. The first kappa shape index (κ1) is 21.6. The van der Waals surface area contributed by atoms with E-state index in [1.54, 1.807) is 0 Å². The maximum Gasteiger partial charge on any atom is 0.268 e. The van der Waals surface area contributed by atoms with Crippen LogP contribution in [0.15, 0.2) is 24.4 Å². The molecule has 0 spiro atoms. The Morgan fingerprint density at radius 2 is 1.82 bits per heavy atom. The lowest BCUT2D eigenvalue weighted by atomic mass is 9.78. The predicted octanol–water partition coefficient (Wildman–Crippen LogP) is 3.41. The third-order valence-corrected chi connectivity index (χ3v) is 9.02. The highest BCUT2D eigenvalue weighted by Crippen LogP contribution is 2.54. The highest BCUT2D eigenvalue weighted by Gasteiger charge is 2.44. The van der Waals surface area contributed by atoms with Crippen LogP contribution in [0.5, 0.6) is 0 Å². The lowest BCUT2D eigenvalue weighted by Crippen LogP contribution is -2.40. The second-order valence-electron chi connectivity index (χ2n) is 11.3. The Hall–Kier alpha value is -1.92. The van der Waals surface area contributed by atoms with Crippen molar-refractivity contribution in [1.82, 2.24) is 25.3 Å². The molecule has 6 heteroatoms. The Labute approximate surface area is 197 Å². The summed E-state index contributed by atoms with van der Waals surface area (Å²) in [6.45, 7) is 3.96. The molecule has 4 fully saturated rings. The molecule has 4 aliphatic rings. The van der Waals surface area contributed by atoms with Gasteiger partial charge in [-0.3, -0.25) is 9.20 Å². The molecule has 5 atom stereocenters. The van der Waals surface area contributed by atoms with E-state index >= 15 is 0 Å². The highest BCUT2D eigenvalue weighted by atomic mass is 16.1. The number of hydrogen-bond donors (Lipinski definition) is 3. The number of pyridine rings is 1. The van der Waals surface area contributed by atoms with Gasteiger partial charge in [-0.2, -0.15) is 0 Å². The Bertz CT molecular complexity index is 978. The molecule has 6 nitrogen and oxygen atoms in total. The zero-order valence-electron chi connectivity index (χ0n) is 19.8. The number of aromatic nitrogens is 2. The molecule has 6 rings (SSSR count). The quantitative estimate of drug-likeness (QED) is 0.606. The molecule has 3 saturated carbocycles. The molecule has 3 aliphatic carbocycles. The number of piperidine rings is 1. The minimum Gasteiger partial charge on any atom is -0.350 e. The molecule has 0 aromatic carbocycles. The summed E-state index contributed by atoms with van der Waals surface area (Å²) in [5.41, 5.74) is 2.61. The van der Waals surface area contributed by atoms with Crippen LogP contribution in [0, 0.1) is 29.6 Å². The molecule has 3 heterocycles. The van der Waals surface area contributed by atoms with E-state index in [2.05, 4.69) is 22.1 Å². The third kappa shape index (κ3) is 4.69. The van der Waals surface area contributed by atoms with Crippen molar-refractivity contribution in [1.29, 1.82) is 0 Å². The molecular formula is C27H39N5O. The molecule has 1 amide bonds. The van der Waals surface area contributed by atoms with Crippen molar-refractivity contribution in [2.75, 3.05) is 26.2 Å². The number of carbonyl (C=O) groups excluding carboxylic acids is 1. The van der Waals surface area contributed by atoms with Gasteiger partial charge in [-0.25, -0.2) is 4.98 Å². The van der Waals surface area contributed by atoms with Crippen molar-refractivity contribution >= 4 is 11.6 Å². The summed E-state index contributed by atoms with van der Waals surface area (Å²) in [7, 11) is 0. The van der Waals surface area contributed by atoms with E-state index in [0.717, 1.165) is 67.6 Å². The zero-order chi connectivity index (χ0) is 22.2. The fourth-order valence-electron chi connectivity index (χ4n) is 7.58. The van der Waals surface area contributed by atoms with Crippen LogP contribution in [-0.2, 0) is 6.42 Å². The molecule has 5 unspecified atom stereocenters. The molecule has 0 radical (unpaired) electrons. The second-order valence-corrected chi connectivity index (χ2v) is 11.3. The maximum absolute atomic E-state index is 13.2. The number of imidazole rings is 1.